The number of carbonyl (C=O) groups is 2. The lowest BCUT2D eigenvalue weighted by molar-refractivity contribution is -0.116. The van der Waals surface area contributed by atoms with Gasteiger partial charge in [-0.2, -0.15) is 5.10 Å². The predicted octanol–water partition coefficient (Wildman–Crippen LogP) is 4.93. The SMILES string of the molecule is CCCOc1ccc(C(=O)C2CC(=O)Nc3c2c(C)nn3-c2ccc(Cl)cc2)cc1. The number of carbonyl (C=O) groups excluding carboxylic acids is 2. The van der Waals surface area contributed by atoms with Crippen molar-refractivity contribution in [2.45, 2.75) is 32.6 Å². The summed E-state index contributed by atoms with van der Waals surface area (Å²) in [7, 11) is 0. The molecule has 0 fully saturated rings. The van der Waals surface area contributed by atoms with Crippen molar-refractivity contribution in [3.63, 3.8) is 0 Å². The second-order valence-corrected chi connectivity index (χ2v) is 7.71. The maximum absolute atomic E-state index is 13.3. The van der Waals surface area contributed by atoms with Gasteiger partial charge in [0.25, 0.3) is 0 Å². The molecule has 154 valence electrons. The molecule has 0 bridgehead atoms. The van der Waals surface area contributed by atoms with E-state index in [1.165, 1.54) is 0 Å². The Bertz CT molecular complexity index is 1090. The van der Waals surface area contributed by atoms with Crippen molar-refractivity contribution in [3.8, 4) is 11.4 Å². The van der Waals surface area contributed by atoms with Gasteiger partial charge in [0, 0.05) is 22.6 Å². The number of aromatic nitrogens is 2. The number of nitrogens with zero attached hydrogens (tertiary/aromatic N) is 2. The third-order valence-corrected chi connectivity index (χ3v) is 5.35. The average Bonchev–Trinajstić information content (AvgIpc) is 3.08. The van der Waals surface area contributed by atoms with Crippen LogP contribution in [0.4, 0.5) is 5.82 Å². The van der Waals surface area contributed by atoms with E-state index in [1.807, 2.05) is 26.0 Å². The number of fused-ring (bicyclic) bond motifs is 1. The minimum Gasteiger partial charge on any atom is -0.494 e. The molecule has 3 aromatic rings. The maximum atomic E-state index is 13.3. The van der Waals surface area contributed by atoms with E-state index in [1.54, 1.807) is 41.1 Å². The van der Waals surface area contributed by atoms with Crippen LogP contribution in [0.2, 0.25) is 5.02 Å². The van der Waals surface area contributed by atoms with Crippen molar-refractivity contribution in [2.75, 3.05) is 11.9 Å². The first kappa shape index (κ1) is 20.2. The fraction of sp³-hybridized carbons (Fsp3) is 0.261. The monoisotopic (exact) mass is 423 g/mol. The summed E-state index contributed by atoms with van der Waals surface area (Å²) in [6, 6.07) is 14.2. The Kier molecular flexibility index (Phi) is 5.59. The molecule has 0 aliphatic carbocycles. The molecule has 1 atom stereocenters. The molecule has 2 heterocycles. The van der Waals surface area contributed by atoms with Gasteiger partial charge in [-0.1, -0.05) is 18.5 Å². The van der Waals surface area contributed by atoms with Crippen LogP contribution in [0.5, 0.6) is 5.75 Å². The van der Waals surface area contributed by atoms with Crippen molar-refractivity contribution < 1.29 is 14.3 Å². The zero-order chi connectivity index (χ0) is 21.3. The lowest BCUT2D eigenvalue weighted by Crippen LogP contribution is -2.28. The first-order valence-corrected chi connectivity index (χ1v) is 10.3. The van der Waals surface area contributed by atoms with Crippen molar-refractivity contribution in [3.05, 3.63) is 70.4 Å². The number of hydrogen-bond donors (Lipinski definition) is 1. The second kappa shape index (κ2) is 8.32. The lowest BCUT2D eigenvalue weighted by atomic mass is 9.85. The van der Waals surface area contributed by atoms with E-state index < -0.39 is 5.92 Å². The number of aryl methyl sites for hydroxylation is 1. The molecule has 6 nitrogen and oxygen atoms in total. The smallest absolute Gasteiger partial charge is 0.226 e. The highest BCUT2D eigenvalue weighted by Gasteiger charge is 2.36. The Morgan fingerprint density at radius 1 is 1.20 bits per heavy atom. The average molecular weight is 424 g/mol. The van der Waals surface area contributed by atoms with Crippen molar-refractivity contribution in [2.24, 2.45) is 0 Å². The molecule has 1 unspecified atom stereocenters. The van der Waals surface area contributed by atoms with E-state index in [-0.39, 0.29) is 18.1 Å². The number of benzene rings is 2. The lowest BCUT2D eigenvalue weighted by Gasteiger charge is -2.23. The zero-order valence-electron chi connectivity index (χ0n) is 16.8. The number of halogens is 1. The minimum absolute atomic E-state index is 0.0903. The van der Waals surface area contributed by atoms with Crippen LogP contribution in [0.3, 0.4) is 0 Å². The van der Waals surface area contributed by atoms with Gasteiger partial charge in [-0.15, -0.1) is 0 Å². The summed E-state index contributed by atoms with van der Waals surface area (Å²) in [4.78, 5) is 25.7. The van der Waals surface area contributed by atoms with Crippen LogP contribution in [0.1, 0.15) is 47.3 Å². The summed E-state index contributed by atoms with van der Waals surface area (Å²) in [5.41, 5.74) is 2.76. The molecule has 1 aliphatic heterocycles. The molecule has 0 saturated heterocycles. The van der Waals surface area contributed by atoms with Crippen LogP contribution >= 0.6 is 11.6 Å². The molecule has 0 saturated carbocycles. The molecule has 30 heavy (non-hydrogen) atoms. The zero-order valence-corrected chi connectivity index (χ0v) is 17.6. The van der Waals surface area contributed by atoms with Gasteiger partial charge in [0.2, 0.25) is 5.91 Å². The topological polar surface area (TPSA) is 73.2 Å². The largest absolute Gasteiger partial charge is 0.494 e. The number of ketones is 1. The van der Waals surface area contributed by atoms with Gasteiger partial charge >= 0.3 is 0 Å². The Morgan fingerprint density at radius 2 is 1.90 bits per heavy atom. The minimum atomic E-state index is -0.586. The first-order chi connectivity index (χ1) is 14.5. The Hall–Kier alpha value is -3.12. The quantitative estimate of drug-likeness (QED) is 0.570. The predicted molar refractivity (Wildman–Crippen MR) is 116 cm³/mol. The normalized spacial score (nSPS) is 15.4. The summed E-state index contributed by atoms with van der Waals surface area (Å²) in [6.07, 6.45) is 1.00. The first-order valence-electron chi connectivity index (χ1n) is 9.90. The van der Waals surface area contributed by atoms with E-state index in [4.69, 9.17) is 16.3 Å². The van der Waals surface area contributed by atoms with Gasteiger partial charge in [-0.25, -0.2) is 4.68 Å². The van der Waals surface area contributed by atoms with E-state index in [9.17, 15) is 9.59 Å². The molecule has 2 aromatic carbocycles. The fourth-order valence-corrected chi connectivity index (χ4v) is 3.80. The number of ether oxygens (including phenoxy) is 1. The van der Waals surface area contributed by atoms with Gasteiger partial charge in [0.15, 0.2) is 5.78 Å². The van der Waals surface area contributed by atoms with Crippen molar-refractivity contribution >= 4 is 29.1 Å². The Morgan fingerprint density at radius 3 is 2.57 bits per heavy atom. The van der Waals surface area contributed by atoms with Gasteiger partial charge in [0.1, 0.15) is 11.6 Å². The van der Waals surface area contributed by atoms with Crippen LogP contribution in [0.15, 0.2) is 48.5 Å². The van der Waals surface area contributed by atoms with Gasteiger partial charge in [0.05, 0.1) is 23.9 Å². The number of nitrogens with one attached hydrogen (secondary N) is 1. The van der Waals surface area contributed by atoms with Crippen LogP contribution in [-0.4, -0.2) is 28.1 Å². The molecular formula is C23H22ClN3O3. The van der Waals surface area contributed by atoms with Crippen molar-refractivity contribution in [1.29, 1.82) is 0 Å². The van der Waals surface area contributed by atoms with E-state index in [0.29, 0.717) is 28.7 Å². The fourth-order valence-electron chi connectivity index (χ4n) is 3.68. The third-order valence-electron chi connectivity index (χ3n) is 5.10. The van der Waals surface area contributed by atoms with Crippen molar-refractivity contribution in [1.82, 2.24) is 9.78 Å². The van der Waals surface area contributed by atoms with Crippen LogP contribution in [0.25, 0.3) is 5.69 Å². The third kappa shape index (κ3) is 3.83. The number of hydrogen-bond acceptors (Lipinski definition) is 4. The number of anilines is 1. The van der Waals surface area contributed by atoms with E-state index in [2.05, 4.69) is 10.4 Å². The Labute approximate surface area is 179 Å². The van der Waals surface area contributed by atoms with Gasteiger partial charge < -0.3 is 10.1 Å². The number of rotatable bonds is 6. The second-order valence-electron chi connectivity index (χ2n) is 7.28. The van der Waals surface area contributed by atoms with Crippen LogP contribution in [0, 0.1) is 6.92 Å². The molecule has 4 rings (SSSR count). The standard InChI is InChI=1S/C23H22ClN3O3/c1-3-12-30-18-10-4-15(5-11-18)22(29)19-13-20(28)25-23-21(19)14(2)26-27(23)17-8-6-16(24)7-9-17/h4-11,19H,3,12-13H2,1-2H3,(H,25,28). The number of Topliss-reactive ketones (excluding diaryl/α,β-unsaturated/α-hetero) is 1. The summed E-state index contributed by atoms with van der Waals surface area (Å²) in [5, 5.41) is 8.09. The molecule has 1 N–H and O–H groups in total. The summed E-state index contributed by atoms with van der Waals surface area (Å²) in [5.74, 6) is 0.359. The molecule has 1 aliphatic rings. The van der Waals surface area contributed by atoms with Crippen LogP contribution in [-0.2, 0) is 4.79 Å². The highest BCUT2D eigenvalue weighted by molar-refractivity contribution is 6.30. The highest BCUT2D eigenvalue weighted by atomic mass is 35.5. The summed E-state index contributed by atoms with van der Waals surface area (Å²) >= 11 is 5.99. The van der Waals surface area contributed by atoms with E-state index >= 15 is 0 Å². The molecule has 1 aromatic heterocycles. The molecule has 0 radical (unpaired) electrons. The highest BCUT2D eigenvalue weighted by Crippen LogP contribution is 2.38. The molecule has 1 amide bonds. The van der Waals surface area contributed by atoms with E-state index in [0.717, 1.165) is 23.4 Å². The maximum Gasteiger partial charge on any atom is 0.226 e. The van der Waals surface area contributed by atoms with Gasteiger partial charge in [-0.05, 0) is 61.9 Å². The van der Waals surface area contributed by atoms with Gasteiger partial charge in [-0.3, -0.25) is 9.59 Å². The molecular weight excluding hydrogens is 402 g/mol. The Balaban J connectivity index is 1.69. The molecule has 7 heteroatoms. The number of amides is 1. The molecule has 0 spiro atoms. The van der Waals surface area contributed by atoms with Crippen LogP contribution < -0.4 is 10.1 Å². The summed E-state index contributed by atoms with van der Waals surface area (Å²) in [6.45, 7) is 4.52. The summed E-state index contributed by atoms with van der Waals surface area (Å²) < 4.78 is 7.24.